The number of nitrogens with zero attached hydrogens (tertiary/aromatic N) is 1. The van der Waals surface area contributed by atoms with Crippen LogP contribution in [-0.2, 0) is 9.53 Å². The molecule has 3 rings (SSSR count). The van der Waals surface area contributed by atoms with Crippen molar-refractivity contribution >= 4 is 28.8 Å². The van der Waals surface area contributed by atoms with Crippen LogP contribution in [0.3, 0.4) is 0 Å². The third kappa shape index (κ3) is 5.55. The molecule has 2 aromatic rings. The fourth-order valence-corrected chi connectivity index (χ4v) is 3.73. The number of carbonyl (C=O) groups excluding carboxylic acids is 1. The van der Waals surface area contributed by atoms with Crippen molar-refractivity contribution in [2.45, 2.75) is 39.9 Å². The van der Waals surface area contributed by atoms with Crippen LogP contribution in [-0.4, -0.2) is 47.7 Å². The van der Waals surface area contributed by atoms with Crippen molar-refractivity contribution in [2.24, 2.45) is 0 Å². The highest BCUT2D eigenvalue weighted by Crippen LogP contribution is 2.19. The van der Waals surface area contributed by atoms with Crippen molar-refractivity contribution in [1.29, 1.82) is 0 Å². The van der Waals surface area contributed by atoms with Crippen LogP contribution in [0, 0.1) is 13.8 Å². The maximum Gasteiger partial charge on any atom is 0.262 e. The van der Waals surface area contributed by atoms with Gasteiger partial charge in [-0.3, -0.25) is 4.79 Å². The van der Waals surface area contributed by atoms with Crippen LogP contribution < -0.4 is 10.1 Å². The Labute approximate surface area is 178 Å². The predicted molar refractivity (Wildman–Crippen MR) is 120 cm³/mol. The monoisotopic (exact) mass is 412 g/mol. The van der Waals surface area contributed by atoms with Gasteiger partial charge in [-0.05, 0) is 69.2 Å². The number of rotatable bonds is 5. The Morgan fingerprint density at radius 2 is 1.79 bits per heavy atom. The van der Waals surface area contributed by atoms with Crippen LogP contribution in [0.1, 0.15) is 30.5 Å². The second-order valence-electron chi connectivity index (χ2n) is 7.58. The molecule has 1 heterocycles. The summed E-state index contributed by atoms with van der Waals surface area (Å²) in [6.45, 7) is 9.67. The van der Waals surface area contributed by atoms with Crippen LogP contribution in [0.15, 0.2) is 42.5 Å². The molecule has 0 bridgehead atoms. The summed E-state index contributed by atoms with van der Waals surface area (Å²) in [5.41, 5.74) is 3.98. The standard InChI is InChI=1S/C23H28N2O3S/c1-15-6-5-7-21(18(15)4)24-22(26)14-27-20-10-8-19(9-11-20)23(29)25-12-16(2)28-17(3)13-25/h5-11,16-17H,12-14H2,1-4H3,(H,24,26)/t16-,17-/m0/s1. The van der Waals surface area contributed by atoms with Crippen LogP contribution >= 0.6 is 12.2 Å². The fourth-order valence-electron chi connectivity index (χ4n) is 3.44. The van der Waals surface area contributed by atoms with E-state index < -0.39 is 0 Å². The van der Waals surface area contributed by atoms with Crippen LogP contribution in [0.4, 0.5) is 5.69 Å². The Kier molecular flexibility index (Phi) is 6.87. The number of hydrogen-bond acceptors (Lipinski definition) is 4. The summed E-state index contributed by atoms with van der Waals surface area (Å²) in [6.07, 6.45) is 0.324. The molecule has 0 spiro atoms. The van der Waals surface area contributed by atoms with E-state index in [-0.39, 0.29) is 24.7 Å². The molecule has 1 saturated heterocycles. The van der Waals surface area contributed by atoms with E-state index in [4.69, 9.17) is 21.7 Å². The molecule has 154 valence electrons. The second-order valence-corrected chi connectivity index (χ2v) is 7.96. The van der Waals surface area contributed by atoms with Gasteiger partial charge in [-0.25, -0.2) is 0 Å². The molecule has 0 saturated carbocycles. The van der Waals surface area contributed by atoms with Gasteiger partial charge in [-0.15, -0.1) is 0 Å². The zero-order valence-corrected chi connectivity index (χ0v) is 18.2. The highest BCUT2D eigenvalue weighted by atomic mass is 32.1. The smallest absolute Gasteiger partial charge is 0.262 e. The van der Waals surface area contributed by atoms with E-state index in [1.807, 2.05) is 56.3 Å². The summed E-state index contributed by atoms with van der Waals surface area (Å²) in [7, 11) is 0. The predicted octanol–water partition coefficient (Wildman–Crippen LogP) is 4.11. The molecule has 1 amide bonds. The Morgan fingerprint density at radius 1 is 1.14 bits per heavy atom. The number of carbonyl (C=O) groups is 1. The Balaban J connectivity index is 1.54. The highest BCUT2D eigenvalue weighted by Gasteiger charge is 2.24. The van der Waals surface area contributed by atoms with Crippen molar-refractivity contribution in [1.82, 2.24) is 4.90 Å². The summed E-state index contributed by atoms with van der Waals surface area (Å²) in [5, 5.41) is 2.90. The molecule has 6 heteroatoms. The molecule has 0 aliphatic carbocycles. The first kappa shape index (κ1) is 21.3. The molecule has 2 aromatic carbocycles. The van der Waals surface area contributed by atoms with Crippen molar-refractivity contribution in [3.05, 3.63) is 59.2 Å². The van der Waals surface area contributed by atoms with Gasteiger partial charge < -0.3 is 19.7 Å². The molecular weight excluding hydrogens is 384 g/mol. The first-order chi connectivity index (χ1) is 13.8. The molecule has 0 aromatic heterocycles. The zero-order valence-electron chi connectivity index (χ0n) is 17.4. The first-order valence-corrected chi connectivity index (χ1v) is 10.3. The maximum atomic E-state index is 12.2. The van der Waals surface area contributed by atoms with Crippen molar-refractivity contribution in [2.75, 3.05) is 25.0 Å². The number of nitrogens with one attached hydrogen (secondary N) is 1. The topological polar surface area (TPSA) is 50.8 Å². The van der Waals surface area contributed by atoms with Gasteiger partial charge in [0.15, 0.2) is 6.61 Å². The quantitative estimate of drug-likeness (QED) is 0.749. The average molecular weight is 413 g/mol. The number of ether oxygens (including phenoxy) is 2. The summed E-state index contributed by atoms with van der Waals surface area (Å²) in [5.74, 6) is 0.450. The SMILES string of the molecule is Cc1cccc(NC(=O)COc2ccc(C(=S)N3C[C@H](C)O[C@@H](C)C3)cc2)c1C. The molecule has 29 heavy (non-hydrogen) atoms. The molecule has 1 N–H and O–H groups in total. The summed E-state index contributed by atoms with van der Waals surface area (Å²) >= 11 is 5.66. The minimum absolute atomic E-state index is 0.0460. The van der Waals surface area contributed by atoms with Gasteiger partial charge in [0.1, 0.15) is 10.7 Å². The largest absolute Gasteiger partial charge is 0.484 e. The van der Waals surface area contributed by atoms with Crippen molar-refractivity contribution < 1.29 is 14.3 Å². The van der Waals surface area contributed by atoms with Gasteiger partial charge in [0.2, 0.25) is 0 Å². The molecule has 0 unspecified atom stereocenters. The molecule has 5 nitrogen and oxygen atoms in total. The summed E-state index contributed by atoms with van der Waals surface area (Å²) in [4.78, 5) is 15.2. The maximum absolute atomic E-state index is 12.2. The van der Waals surface area contributed by atoms with E-state index in [0.29, 0.717) is 5.75 Å². The third-order valence-electron chi connectivity index (χ3n) is 5.06. The number of aryl methyl sites for hydroxylation is 1. The number of morpholine rings is 1. The molecule has 1 fully saturated rings. The minimum Gasteiger partial charge on any atom is -0.484 e. The van der Waals surface area contributed by atoms with Crippen molar-refractivity contribution in [3.8, 4) is 5.75 Å². The lowest BCUT2D eigenvalue weighted by atomic mass is 10.1. The Bertz CT molecular complexity index is 872. The third-order valence-corrected chi connectivity index (χ3v) is 5.55. The van der Waals surface area contributed by atoms with Gasteiger partial charge in [-0.1, -0.05) is 24.4 Å². The van der Waals surface area contributed by atoms with E-state index in [1.54, 1.807) is 0 Å². The lowest BCUT2D eigenvalue weighted by Crippen LogP contribution is -2.47. The van der Waals surface area contributed by atoms with E-state index in [1.165, 1.54) is 0 Å². The van der Waals surface area contributed by atoms with Gasteiger partial charge in [0, 0.05) is 24.3 Å². The molecular formula is C23H28N2O3S. The van der Waals surface area contributed by atoms with Crippen LogP contribution in [0.5, 0.6) is 5.75 Å². The number of amides is 1. The number of anilines is 1. The molecule has 1 aliphatic heterocycles. The lowest BCUT2D eigenvalue weighted by molar-refractivity contribution is -0.118. The minimum atomic E-state index is -0.186. The summed E-state index contributed by atoms with van der Waals surface area (Å²) in [6, 6.07) is 13.4. The fraction of sp³-hybridized carbons (Fsp3) is 0.391. The van der Waals surface area contributed by atoms with Gasteiger partial charge >= 0.3 is 0 Å². The van der Waals surface area contributed by atoms with Gasteiger partial charge in [-0.2, -0.15) is 0 Å². The van der Waals surface area contributed by atoms with Gasteiger partial charge in [0.05, 0.1) is 12.2 Å². The van der Waals surface area contributed by atoms with Gasteiger partial charge in [0.25, 0.3) is 5.91 Å². The first-order valence-electron chi connectivity index (χ1n) is 9.87. The number of hydrogen-bond donors (Lipinski definition) is 1. The Morgan fingerprint density at radius 3 is 2.45 bits per heavy atom. The van der Waals surface area contributed by atoms with E-state index in [2.05, 4.69) is 24.1 Å². The zero-order chi connectivity index (χ0) is 21.0. The normalized spacial score (nSPS) is 19.0. The lowest BCUT2D eigenvalue weighted by Gasteiger charge is -2.37. The number of thiocarbonyl (C=S) groups is 1. The van der Waals surface area contributed by atoms with E-state index >= 15 is 0 Å². The highest BCUT2D eigenvalue weighted by molar-refractivity contribution is 7.80. The average Bonchev–Trinajstić information content (AvgIpc) is 2.69. The second kappa shape index (κ2) is 9.37. The van der Waals surface area contributed by atoms with Crippen LogP contribution in [0.2, 0.25) is 0 Å². The van der Waals surface area contributed by atoms with E-state index in [9.17, 15) is 4.79 Å². The molecule has 2 atom stereocenters. The van der Waals surface area contributed by atoms with E-state index in [0.717, 1.165) is 40.5 Å². The summed E-state index contributed by atoms with van der Waals surface area (Å²) < 4.78 is 11.4. The molecule has 0 radical (unpaired) electrons. The Hall–Kier alpha value is -2.44. The van der Waals surface area contributed by atoms with Crippen molar-refractivity contribution in [3.63, 3.8) is 0 Å². The van der Waals surface area contributed by atoms with Crippen LogP contribution in [0.25, 0.3) is 0 Å². The number of benzene rings is 2. The molecule has 1 aliphatic rings.